The van der Waals surface area contributed by atoms with Crippen LogP contribution in [-0.2, 0) is 0 Å². The van der Waals surface area contributed by atoms with Crippen molar-refractivity contribution in [2.45, 2.75) is 4.90 Å². The Morgan fingerprint density at radius 2 is 0.808 bits per heavy atom. The van der Waals surface area contributed by atoms with E-state index in [-0.39, 0.29) is 52.8 Å². The van der Waals surface area contributed by atoms with Crippen LogP contribution in [0.3, 0.4) is 0 Å². The Labute approximate surface area is 204 Å². The van der Waals surface area contributed by atoms with Crippen LogP contribution in [0, 0.1) is 0 Å². The molecule has 4 rings (SSSR count). The van der Waals surface area contributed by atoms with E-state index in [1.165, 1.54) is 22.3 Å². The zero-order valence-electron chi connectivity index (χ0n) is 15.8. The topological polar surface area (TPSA) is 0 Å². The molecule has 2 heteroatoms. The number of thiol groups is 1. The van der Waals surface area contributed by atoms with Crippen LogP contribution in [0.2, 0.25) is 0 Å². The molecule has 0 amide bonds. The van der Waals surface area contributed by atoms with Gasteiger partial charge in [-0.15, -0.1) is 12.6 Å². The second-order valence-corrected chi connectivity index (χ2v) is 6.47. The summed E-state index contributed by atoms with van der Waals surface area (Å²) in [6, 6.07) is 35.9. The molecule has 0 nitrogen and oxygen atoms in total. The van der Waals surface area contributed by atoms with Gasteiger partial charge in [-0.3, -0.25) is 0 Å². The minimum Gasteiger partial charge on any atom is -1.00 e. The van der Waals surface area contributed by atoms with E-state index in [0.29, 0.717) is 0 Å². The minimum atomic E-state index is 0. The van der Waals surface area contributed by atoms with Crippen molar-refractivity contribution in [2.75, 3.05) is 0 Å². The van der Waals surface area contributed by atoms with E-state index in [1.807, 2.05) is 18.2 Å². The van der Waals surface area contributed by atoms with Gasteiger partial charge >= 0.3 is 51.4 Å². The van der Waals surface area contributed by atoms with Crippen molar-refractivity contribution >= 4 is 12.6 Å². The van der Waals surface area contributed by atoms with Crippen molar-refractivity contribution < 1.29 is 52.8 Å². The van der Waals surface area contributed by atoms with Crippen LogP contribution in [-0.4, -0.2) is 0 Å². The molecule has 0 radical (unpaired) electrons. The summed E-state index contributed by atoms with van der Waals surface area (Å²) in [6.45, 7) is 0. The SMILES string of the molecule is Sc1c(-c2ccccc2)cc(-c2ccccc2)cc1-c1ccccc1.[H-].[K+]. The van der Waals surface area contributed by atoms with Gasteiger partial charge in [-0.05, 0) is 45.5 Å². The molecule has 0 fully saturated rings. The molecule has 4 aromatic carbocycles. The van der Waals surface area contributed by atoms with E-state index < -0.39 is 0 Å². The summed E-state index contributed by atoms with van der Waals surface area (Å²) in [4.78, 5) is 1.01. The van der Waals surface area contributed by atoms with Crippen molar-refractivity contribution in [2.24, 2.45) is 0 Å². The van der Waals surface area contributed by atoms with Crippen LogP contribution < -0.4 is 51.4 Å². The van der Waals surface area contributed by atoms with Gasteiger partial charge < -0.3 is 1.43 Å². The van der Waals surface area contributed by atoms with Crippen LogP contribution in [0.25, 0.3) is 33.4 Å². The molecule has 0 aliphatic carbocycles. The second kappa shape index (κ2) is 9.18. The van der Waals surface area contributed by atoms with Crippen LogP contribution in [0.15, 0.2) is 108 Å². The van der Waals surface area contributed by atoms with Crippen LogP contribution in [0.1, 0.15) is 1.43 Å². The molecule has 26 heavy (non-hydrogen) atoms. The first kappa shape index (κ1) is 19.6. The molecule has 0 unspecified atom stereocenters. The third-order valence-corrected chi connectivity index (χ3v) is 4.87. The van der Waals surface area contributed by atoms with E-state index in [1.54, 1.807) is 0 Å². The largest absolute Gasteiger partial charge is 1.00 e. The molecule has 0 bridgehead atoms. The summed E-state index contributed by atoms with van der Waals surface area (Å²) in [7, 11) is 0. The molecule has 0 aliphatic heterocycles. The quantitative estimate of drug-likeness (QED) is 0.403. The van der Waals surface area contributed by atoms with E-state index in [0.717, 1.165) is 16.0 Å². The van der Waals surface area contributed by atoms with Gasteiger partial charge in [-0.1, -0.05) is 91.0 Å². The van der Waals surface area contributed by atoms with Crippen molar-refractivity contribution in [1.29, 1.82) is 0 Å². The van der Waals surface area contributed by atoms with Gasteiger partial charge in [0.2, 0.25) is 0 Å². The van der Waals surface area contributed by atoms with E-state index in [9.17, 15) is 0 Å². The fourth-order valence-corrected chi connectivity index (χ4v) is 3.49. The van der Waals surface area contributed by atoms with Gasteiger partial charge in [-0.2, -0.15) is 0 Å². The van der Waals surface area contributed by atoms with Gasteiger partial charge in [0, 0.05) is 4.90 Å². The fraction of sp³-hybridized carbons (Fsp3) is 0. The van der Waals surface area contributed by atoms with Gasteiger partial charge in [0.1, 0.15) is 0 Å². The van der Waals surface area contributed by atoms with Crippen LogP contribution >= 0.6 is 12.6 Å². The molecule has 0 N–H and O–H groups in total. The smallest absolute Gasteiger partial charge is 1.00 e. The van der Waals surface area contributed by atoms with E-state index in [4.69, 9.17) is 12.6 Å². The third-order valence-electron chi connectivity index (χ3n) is 4.39. The Bertz CT molecular complexity index is 926. The van der Waals surface area contributed by atoms with Crippen molar-refractivity contribution in [3.8, 4) is 33.4 Å². The summed E-state index contributed by atoms with van der Waals surface area (Å²) >= 11 is 4.89. The Morgan fingerprint density at radius 1 is 0.462 bits per heavy atom. The summed E-state index contributed by atoms with van der Waals surface area (Å²) < 4.78 is 0. The van der Waals surface area contributed by atoms with Crippen molar-refractivity contribution in [3.63, 3.8) is 0 Å². The first-order chi connectivity index (χ1) is 12.3. The van der Waals surface area contributed by atoms with E-state index in [2.05, 4.69) is 84.9 Å². The number of hydrogen-bond acceptors (Lipinski definition) is 1. The summed E-state index contributed by atoms with van der Waals surface area (Å²) in [6.07, 6.45) is 0. The van der Waals surface area contributed by atoms with Gasteiger partial charge in [0.15, 0.2) is 0 Å². The molecule has 0 aliphatic rings. The monoisotopic (exact) mass is 378 g/mol. The average molecular weight is 379 g/mol. The maximum absolute atomic E-state index is 4.89. The van der Waals surface area contributed by atoms with Crippen LogP contribution in [0.4, 0.5) is 0 Å². The van der Waals surface area contributed by atoms with Crippen molar-refractivity contribution in [3.05, 3.63) is 103 Å². The number of benzene rings is 4. The fourth-order valence-electron chi connectivity index (χ4n) is 3.11. The standard InChI is InChI=1S/C24H18S.K.H/c25-24-22(19-12-6-2-7-13-19)16-21(18-10-4-1-5-11-18)17-23(24)20-14-8-3-9-15-20;;/h1-17,25H;;/q;+1;-1. The maximum Gasteiger partial charge on any atom is 1.00 e. The molecular weight excluding hydrogens is 359 g/mol. The first-order valence-electron chi connectivity index (χ1n) is 8.36. The number of rotatable bonds is 3. The van der Waals surface area contributed by atoms with Gasteiger partial charge in [0.05, 0.1) is 0 Å². The minimum absolute atomic E-state index is 0. The maximum atomic E-state index is 4.89. The predicted molar refractivity (Wildman–Crippen MR) is 111 cm³/mol. The van der Waals surface area contributed by atoms with E-state index >= 15 is 0 Å². The van der Waals surface area contributed by atoms with Crippen molar-refractivity contribution in [1.82, 2.24) is 0 Å². The molecule has 0 aromatic heterocycles. The normalized spacial score (nSPS) is 10.2. The summed E-state index contributed by atoms with van der Waals surface area (Å²) in [5.41, 5.74) is 7.10. The second-order valence-electron chi connectivity index (χ2n) is 6.02. The molecule has 0 saturated carbocycles. The zero-order valence-corrected chi connectivity index (χ0v) is 18.8. The Kier molecular flexibility index (Phi) is 6.93. The average Bonchev–Trinajstić information content (AvgIpc) is 2.70. The molecular formula is C24H19KS. The molecule has 0 heterocycles. The number of hydrogen-bond donors (Lipinski definition) is 1. The van der Waals surface area contributed by atoms with Crippen LogP contribution in [0.5, 0.6) is 0 Å². The molecule has 122 valence electrons. The molecule has 0 spiro atoms. The third kappa shape index (κ3) is 4.23. The molecule has 0 atom stereocenters. The van der Waals surface area contributed by atoms with Gasteiger partial charge in [-0.25, -0.2) is 0 Å². The Balaban J connectivity index is 0.00000131. The summed E-state index contributed by atoms with van der Waals surface area (Å²) in [5, 5.41) is 0. The molecule has 4 aromatic rings. The van der Waals surface area contributed by atoms with Gasteiger partial charge in [0.25, 0.3) is 0 Å². The Morgan fingerprint density at radius 3 is 1.19 bits per heavy atom. The Hall–Kier alpha value is -1.13. The first-order valence-corrected chi connectivity index (χ1v) is 8.81. The summed E-state index contributed by atoms with van der Waals surface area (Å²) in [5.74, 6) is 0. The predicted octanol–water partition coefficient (Wildman–Crippen LogP) is 4.09. The molecule has 0 saturated heterocycles. The zero-order chi connectivity index (χ0) is 17.1.